The second-order valence-corrected chi connectivity index (χ2v) is 5.47. The monoisotopic (exact) mass is 290 g/mol. The van der Waals surface area contributed by atoms with Crippen LogP contribution < -0.4 is 16.4 Å². The SMILES string of the molecule is Cc1cc(C)c2c(N)nc(NC3CCNC[C@@H]3F)nc2n1. The van der Waals surface area contributed by atoms with Crippen LogP contribution in [0.15, 0.2) is 6.07 Å². The number of nitrogens with two attached hydrogens (primary N) is 1. The molecular weight excluding hydrogens is 271 g/mol. The Morgan fingerprint density at radius 1 is 1.33 bits per heavy atom. The zero-order chi connectivity index (χ0) is 15.0. The highest BCUT2D eigenvalue weighted by Crippen LogP contribution is 2.23. The van der Waals surface area contributed by atoms with Gasteiger partial charge in [-0.15, -0.1) is 0 Å². The molecule has 1 aliphatic heterocycles. The highest BCUT2D eigenvalue weighted by molar-refractivity contribution is 5.89. The Balaban J connectivity index is 1.96. The number of aromatic nitrogens is 3. The smallest absolute Gasteiger partial charge is 0.227 e. The van der Waals surface area contributed by atoms with E-state index in [1.807, 2.05) is 19.9 Å². The second-order valence-electron chi connectivity index (χ2n) is 5.47. The van der Waals surface area contributed by atoms with E-state index in [4.69, 9.17) is 5.73 Å². The van der Waals surface area contributed by atoms with Gasteiger partial charge in [-0.05, 0) is 38.4 Å². The topological polar surface area (TPSA) is 88.8 Å². The molecule has 21 heavy (non-hydrogen) atoms. The number of nitrogen functional groups attached to an aromatic ring is 1. The lowest BCUT2D eigenvalue weighted by Gasteiger charge is -2.27. The lowest BCUT2D eigenvalue weighted by molar-refractivity contribution is 0.244. The number of rotatable bonds is 2. The summed E-state index contributed by atoms with van der Waals surface area (Å²) in [6.07, 6.45) is -0.283. The number of hydrogen-bond donors (Lipinski definition) is 3. The molecule has 1 aliphatic rings. The lowest BCUT2D eigenvalue weighted by Crippen LogP contribution is -2.45. The number of fused-ring (bicyclic) bond motifs is 1. The van der Waals surface area contributed by atoms with Crippen molar-refractivity contribution in [3.05, 3.63) is 17.3 Å². The summed E-state index contributed by atoms with van der Waals surface area (Å²) in [7, 11) is 0. The quantitative estimate of drug-likeness (QED) is 0.773. The van der Waals surface area contributed by atoms with E-state index in [2.05, 4.69) is 25.6 Å². The first kappa shape index (κ1) is 13.9. The summed E-state index contributed by atoms with van der Waals surface area (Å²) in [5.41, 5.74) is 8.42. The van der Waals surface area contributed by atoms with Gasteiger partial charge in [0.2, 0.25) is 5.95 Å². The third-order valence-electron chi connectivity index (χ3n) is 3.74. The van der Waals surface area contributed by atoms with Gasteiger partial charge in [-0.3, -0.25) is 0 Å². The molecular formula is C14H19FN6. The fourth-order valence-electron chi connectivity index (χ4n) is 2.72. The van der Waals surface area contributed by atoms with E-state index < -0.39 is 6.17 Å². The van der Waals surface area contributed by atoms with Crippen molar-refractivity contribution in [2.24, 2.45) is 0 Å². The average Bonchev–Trinajstić information content (AvgIpc) is 2.40. The molecule has 1 saturated heterocycles. The molecule has 2 aromatic rings. The summed E-state index contributed by atoms with van der Waals surface area (Å²) in [5, 5.41) is 6.82. The predicted molar refractivity (Wildman–Crippen MR) is 81.0 cm³/mol. The van der Waals surface area contributed by atoms with Crippen molar-refractivity contribution in [1.29, 1.82) is 0 Å². The minimum Gasteiger partial charge on any atom is -0.383 e. The first-order chi connectivity index (χ1) is 10.0. The molecule has 3 rings (SSSR count). The number of aryl methyl sites for hydroxylation is 2. The lowest BCUT2D eigenvalue weighted by atomic mass is 10.1. The molecule has 112 valence electrons. The van der Waals surface area contributed by atoms with Gasteiger partial charge in [0.25, 0.3) is 0 Å². The van der Waals surface area contributed by atoms with Crippen LogP contribution >= 0.6 is 0 Å². The van der Waals surface area contributed by atoms with E-state index in [0.29, 0.717) is 30.4 Å². The number of nitrogens with zero attached hydrogens (tertiary/aromatic N) is 3. The van der Waals surface area contributed by atoms with Crippen molar-refractivity contribution >= 4 is 22.8 Å². The van der Waals surface area contributed by atoms with Gasteiger partial charge in [0, 0.05) is 12.2 Å². The molecule has 1 fully saturated rings. The van der Waals surface area contributed by atoms with E-state index in [1.165, 1.54) is 0 Å². The fourth-order valence-corrected chi connectivity index (χ4v) is 2.72. The van der Waals surface area contributed by atoms with Crippen molar-refractivity contribution in [2.45, 2.75) is 32.5 Å². The zero-order valence-corrected chi connectivity index (χ0v) is 12.2. The molecule has 2 atom stereocenters. The van der Waals surface area contributed by atoms with Crippen molar-refractivity contribution in [2.75, 3.05) is 24.1 Å². The van der Waals surface area contributed by atoms with Gasteiger partial charge >= 0.3 is 0 Å². The normalized spacial score (nSPS) is 22.4. The summed E-state index contributed by atoms with van der Waals surface area (Å²) < 4.78 is 13.8. The molecule has 6 nitrogen and oxygen atoms in total. The number of halogens is 1. The van der Waals surface area contributed by atoms with E-state index in [0.717, 1.165) is 23.2 Å². The van der Waals surface area contributed by atoms with Gasteiger partial charge in [0.15, 0.2) is 5.65 Å². The number of hydrogen-bond acceptors (Lipinski definition) is 6. The maximum Gasteiger partial charge on any atom is 0.227 e. The van der Waals surface area contributed by atoms with Gasteiger partial charge in [-0.1, -0.05) is 0 Å². The number of nitrogens with one attached hydrogen (secondary N) is 2. The molecule has 4 N–H and O–H groups in total. The summed E-state index contributed by atoms with van der Waals surface area (Å²) in [5.74, 6) is 0.712. The van der Waals surface area contributed by atoms with Gasteiger partial charge in [-0.2, -0.15) is 9.97 Å². The third-order valence-corrected chi connectivity index (χ3v) is 3.74. The van der Waals surface area contributed by atoms with Crippen LogP contribution in [0.3, 0.4) is 0 Å². The van der Waals surface area contributed by atoms with Gasteiger partial charge in [0.1, 0.15) is 12.0 Å². The standard InChI is InChI=1S/C14H19FN6/c1-7-5-8(2)18-13-11(7)12(16)20-14(21-13)19-10-3-4-17-6-9(10)15/h5,9-10,17H,3-4,6H2,1-2H3,(H3,16,18,19,20,21)/t9-,10?/m0/s1. The Morgan fingerprint density at radius 2 is 2.14 bits per heavy atom. The van der Waals surface area contributed by atoms with Gasteiger partial charge in [0.05, 0.1) is 11.4 Å². The Hall–Kier alpha value is -2.02. The third kappa shape index (κ3) is 2.73. The maximum absolute atomic E-state index is 13.8. The average molecular weight is 290 g/mol. The number of piperidine rings is 1. The van der Waals surface area contributed by atoms with Crippen molar-refractivity contribution in [1.82, 2.24) is 20.3 Å². The molecule has 3 heterocycles. The van der Waals surface area contributed by atoms with Crippen LogP contribution in [0.2, 0.25) is 0 Å². The Morgan fingerprint density at radius 3 is 2.90 bits per heavy atom. The van der Waals surface area contributed by atoms with Crippen LogP contribution in [0.25, 0.3) is 11.0 Å². The number of anilines is 2. The van der Waals surface area contributed by atoms with Crippen LogP contribution in [0.4, 0.5) is 16.2 Å². The highest BCUT2D eigenvalue weighted by atomic mass is 19.1. The second kappa shape index (κ2) is 5.40. The first-order valence-electron chi connectivity index (χ1n) is 7.07. The van der Waals surface area contributed by atoms with Crippen molar-refractivity contribution < 1.29 is 4.39 Å². The summed E-state index contributed by atoms with van der Waals surface area (Å²) in [6.45, 7) is 4.98. The van der Waals surface area contributed by atoms with E-state index >= 15 is 0 Å². The first-order valence-corrected chi connectivity index (χ1v) is 7.07. The fraction of sp³-hybridized carbons (Fsp3) is 0.500. The summed E-state index contributed by atoms with van der Waals surface area (Å²) >= 11 is 0. The molecule has 2 aromatic heterocycles. The molecule has 0 aliphatic carbocycles. The van der Waals surface area contributed by atoms with Gasteiger partial charge < -0.3 is 16.4 Å². The van der Waals surface area contributed by atoms with Crippen LogP contribution in [0.1, 0.15) is 17.7 Å². The summed E-state index contributed by atoms with van der Waals surface area (Å²) in [6, 6.07) is 1.65. The van der Waals surface area contributed by atoms with E-state index in [-0.39, 0.29) is 6.04 Å². The highest BCUT2D eigenvalue weighted by Gasteiger charge is 2.25. The molecule has 1 unspecified atom stereocenters. The van der Waals surface area contributed by atoms with Crippen molar-refractivity contribution in [3.8, 4) is 0 Å². The minimum atomic E-state index is -0.966. The molecule has 7 heteroatoms. The number of alkyl halides is 1. The molecule has 0 saturated carbocycles. The molecule has 0 radical (unpaired) electrons. The molecule has 0 aromatic carbocycles. The van der Waals surface area contributed by atoms with Crippen molar-refractivity contribution in [3.63, 3.8) is 0 Å². The number of pyridine rings is 1. The zero-order valence-electron chi connectivity index (χ0n) is 12.2. The Kier molecular flexibility index (Phi) is 3.59. The largest absolute Gasteiger partial charge is 0.383 e. The predicted octanol–water partition coefficient (Wildman–Crippen LogP) is 1.34. The van der Waals surface area contributed by atoms with E-state index in [9.17, 15) is 4.39 Å². The molecule has 0 bridgehead atoms. The minimum absolute atomic E-state index is 0.297. The van der Waals surface area contributed by atoms with Crippen LogP contribution in [-0.4, -0.2) is 40.3 Å². The molecule has 0 amide bonds. The van der Waals surface area contributed by atoms with Crippen LogP contribution in [-0.2, 0) is 0 Å². The van der Waals surface area contributed by atoms with Crippen LogP contribution in [0, 0.1) is 13.8 Å². The van der Waals surface area contributed by atoms with Gasteiger partial charge in [-0.25, -0.2) is 9.37 Å². The Bertz CT molecular complexity index is 674. The summed E-state index contributed by atoms with van der Waals surface area (Å²) in [4.78, 5) is 13.0. The van der Waals surface area contributed by atoms with Crippen LogP contribution in [0.5, 0.6) is 0 Å². The maximum atomic E-state index is 13.8. The molecule has 0 spiro atoms. The Labute approximate surface area is 122 Å². The van der Waals surface area contributed by atoms with E-state index in [1.54, 1.807) is 0 Å².